The Bertz CT molecular complexity index is 970. The molecule has 4 nitrogen and oxygen atoms in total. The summed E-state index contributed by atoms with van der Waals surface area (Å²) >= 11 is 3.28. The van der Waals surface area contributed by atoms with Crippen LogP contribution in [0.2, 0.25) is 0 Å². The third-order valence-corrected chi connectivity index (χ3v) is 6.39. The van der Waals surface area contributed by atoms with Crippen molar-refractivity contribution < 1.29 is 4.79 Å². The SMILES string of the molecule is CSc1ccc(C(=O)N(CCCN(C)C)c2nc3c(C)cc(C)cc3s2)cc1.Cl. The van der Waals surface area contributed by atoms with Gasteiger partial charge in [0.15, 0.2) is 5.13 Å². The summed E-state index contributed by atoms with van der Waals surface area (Å²) in [5.74, 6) is 0.0137. The first-order valence-electron chi connectivity index (χ1n) is 9.37. The molecule has 2 aromatic carbocycles. The van der Waals surface area contributed by atoms with E-state index in [9.17, 15) is 4.79 Å². The smallest absolute Gasteiger partial charge is 0.260 e. The first-order valence-corrected chi connectivity index (χ1v) is 11.4. The minimum absolute atomic E-state index is 0. The Morgan fingerprint density at radius 1 is 1.10 bits per heavy atom. The van der Waals surface area contributed by atoms with Crippen LogP contribution < -0.4 is 4.90 Å². The predicted molar refractivity (Wildman–Crippen MR) is 129 cm³/mol. The maximum absolute atomic E-state index is 13.3. The van der Waals surface area contributed by atoms with Crippen LogP contribution in [0.1, 0.15) is 27.9 Å². The monoisotopic (exact) mass is 449 g/mol. The average molecular weight is 450 g/mol. The van der Waals surface area contributed by atoms with E-state index in [-0.39, 0.29) is 18.3 Å². The van der Waals surface area contributed by atoms with Crippen LogP contribution in [0.25, 0.3) is 10.2 Å². The number of rotatable bonds is 7. The summed E-state index contributed by atoms with van der Waals surface area (Å²) in [6.45, 7) is 5.76. The van der Waals surface area contributed by atoms with Crippen molar-refractivity contribution in [1.82, 2.24) is 9.88 Å². The van der Waals surface area contributed by atoms with Gasteiger partial charge in [0.2, 0.25) is 0 Å². The molecule has 0 saturated heterocycles. The molecular weight excluding hydrogens is 422 g/mol. The third-order valence-electron chi connectivity index (χ3n) is 4.62. The molecule has 0 aliphatic rings. The summed E-state index contributed by atoms with van der Waals surface area (Å²) in [6.07, 6.45) is 2.94. The Labute approximate surface area is 187 Å². The number of thioether (sulfide) groups is 1. The van der Waals surface area contributed by atoms with Crippen LogP contribution in [-0.4, -0.2) is 49.2 Å². The molecule has 0 atom stereocenters. The van der Waals surface area contributed by atoms with Crippen molar-refractivity contribution in [1.29, 1.82) is 0 Å². The number of aryl methyl sites for hydroxylation is 2. The minimum atomic E-state index is 0. The highest BCUT2D eigenvalue weighted by Gasteiger charge is 2.21. The Morgan fingerprint density at radius 3 is 2.41 bits per heavy atom. The number of amides is 1. The van der Waals surface area contributed by atoms with Gasteiger partial charge in [0.1, 0.15) is 0 Å². The third kappa shape index (κ3) is 5.72. The van der Waals surface area contributed by atoms with Crippen LogP contribution in [-0.2, 0) is 0 Å². The Kier molecular flexibility index (Phi) is 8.52. The van der Waals surface area contributed by atoms with Gasteiger partial charge in [0.25, 0.3) is 5.91 Å². The van der Waals surface area contributed by atoms with Gasteiger partial charge in [-0.15, -0.1) is 24.2 Å². The van der Waals surface area contributed by atoms with Gasteiger partial charge in [-0.25, -0.2) is 4.98 Å². The van der Waals surface area contributed by atoms with Crippen molar-refractivity contribution in [2.24, 2.45) is 0 Å². The number of thiazole rings is 1. The standard InChI is InChI=1S/C22H27N3OS2.ClH/c1-15-13-16(2)20-19(14-15)28-22(23-20)25(12-6-11-24(3)4)21(26)17-7-9-18(27-5)10-8-17;/h7-10,13-14H,6,11-12H2,1-5H3;1H. The molecule has 156 valence electrons. The number of anilines is 1. The first-order chi connectivity index (χ1) is 13.4. The van der Waals surface area contributed by atoms with E-state index in [0.717, 1.165) is 38.8 Å². The van der Waals surface area contributed by atoms with E-state index in [0.29, 0.717) is 12.1 Å². The molecule has 3 rings (SSSR count). The van der Waals surface area contributed by atoms with Crippen molar-refractivity contribution in [3.63, 3.8) is 0 Å². The second kappa shape index (κ2) is 10.4. The highest BCUT2D eigenvalue weighted by molar-refractivity contribution is 7.98. The van der Waals surface area contributed by atoms with Crippen LogP contribution in [0.5, 0.6) is 0 Å². The summed E-state index contributed by atoms with van der Waals surface area (Å²) in [4.78, 5) is 23.3. The lowest BCUT2D eigenvalue weighted by Crippen LogP contribution is -2.33. The fourth-order valence-electron chi connectivity index (χ4n) is 3.19. The van der Waals surface area contributed by atoms with Gasteiger partial charge in [-0.2, -0.15) is 0 Å². The normalized spacial score (nSPS) is 11.0. The van der Waals surface area contributed by atoms with E-state index >= 15 is 0 Å². The number of carbonyl (C=O) groups is 1. The Hall–Kier alpha value is -1.60. The molecule has 1 aromatic heterocycles. The van der Waals surface area contributed by atoms with E-state index in [1.54, 1.807) is 23.1 Å². The molecule has 0 unspecified atom stereocenters. The largest absolute Gasteiger partial charge is 0.309 e. The van der Waals surface area contributed by atoms with Gasteiger partial charge in [-0.05, 0) is 88.6 Å². The second-order valence-electron chi connectivity index (χ2n) is 7.27. The van der Waals surface area contributed by atoms with E-state index in [1.165, 1.54) is 5.56 Å². The summed E-state index contributed by atoms with van der Waals surface area (Å²) in [5, 5.41) is 0.779. The van der Waals surface area contributed by atoms with E-state index < -0.39 is 0 Å². The molecule has 3 aromatic rings. The molecule has 0 aliphatic carbocycles. The molecular formula is C22H28ClN3OS2. The maximum atomic E-state index is 13.3. The van der Waals surface area contributed by atoms with Crippen LogP contribution in [0, 0.1) is 13.8 Å². The molecule has 1 heterocycles. The molecule has 29 heavy (non-hydrogen) atoms. The number of benzene rings is 2. The Morgan fingerprint density at radius 2 is 1.79 bits per heavy atom. The highest BCUT2D eigenvalue weighted by Crippen LogP contribution is 2.32. The number of hydrogen-bond donors (Lipinski definition) is 0. The fraction of sp³-hybridized carbons (Fsp3) is 0.364. The lowest BCUT2D eigenvalue weighted by Gasteiger charge is -2.21. The van der Waals surface area contributed by atoms with Crippen molar-refractivity contribution >= 4 is 56.8 Å². The van der Waals surface area contributed by atoms with Crippen LogP contribution in [0.3, 0.4) is 0 Å². The van der Waals surface area contributed by atoms with Crippen LogP contribution in [0.4, 0.5) is 5.13 Å². The minimum Gasteiger partial charge on any atom is -0.309 e. The summed E-state index contributed by atoms with van der Waals surface area (Å²) in [5.41, 5.74) is 4.07. The summed E-state index contributed by atoms with van der Waals surface area (Å²) in [7, 11) is 4.11. The van der Waals surface area contributed by atoms with Gasteiger partial charge in [0, 0.05) is 17.0 Å². The van der Waals surface area contributed by atoms with Crippen molar-refractivity contribution in [3.8, 4) is 0 Å². The van der Waals surface area contributed by atoms with Crippen molar-refractivity contribution in [3.05, 3.63) is 53.1 Å². The molecule has 1 amide bonds. The van der Waals surface area contributed by atoms with Gasteiger partial charge < -0.3 is 4.90 Å². The van der Waals surface area contributed by atoms with E-state index in [2.05, 4.69) is 45.0 Å². The molecule has 0 N–H and O–H groups in total. The lowest BCUT2D eigenvalue weighted by atomic mass is 10.1. The average Bonchev–Trinajstić information content (AvgIpc) is 3.08. The van der Waals surface area contributed by atoms with Crippen LogP contribution in [0.15, 0.2) is 41.3 Å². The number of carbonyl (C=O) groups excluding carboxylic acids is 1. The molecule has 0 spiro atoms. The highest BCUT2D eigenvalue weighted by atomic mass is 35.5. The molecule has 0 aliphatic heterocycles. The Balaban J connectivity index is 0.00000300. The van der Waals surface area contributed by atoms with Gasteiger partial charge in [-0.1, -0.05) is 17.4 Å². The number of hydrogen-bond acceptors (Lipinski definition) is 5. The van der Waals surface area contributed by atoms with E-state index in [4.69, 9.17) is 4.98 Å². The summed E-state index contributed by atoms with van der Waals surface area (Å²) < 4.78 is 1.13. The molecule has 0 saturated carbocycles. The van der Waals surface area contributed by atoms with Gasteiger partial charge in [0.05, 0.1) is 10.2 Å². The fourth-order valence-corrected chi connectivity index (χ4v) is 4.77. The van der Waals surface area contributed by atoms with Gasteiger partial charge in [-0.3, -0.25) is 9.69 Å². The second-order valence-corrected chi connectivity index (χ2v) is 9.16. The number of fused-ring (bicyclic) bond motifs is 1. The zero-order chi connectivity index (χ0) is 20.3. The number of nitrogens with zero attached hydrogens (tertiary/aromatic N) is 3. The predicted octanol–water partition coefficient (Wildman–Crippen LogP) is 5.66. The summed E-state index contributed by atoms with van der Waals surface area (Å²) in [6, 6.07) is 12.1. The topological polar surface area (TPSA) is 36.4 Å². The zero-order valence-corrected chi connectivity index (χ0v) is 20.0. The number of halogens is 1. The molecule has 0 radical (unpaired) electrons. The molecule has 0 fully saturated rings. The van der Waals surface area contributed by atoms with Crippen molar-refractivity contribution in [2.75, 3.05) is 38.3 Å². The first kappa shape index (κ1) is 23.7. The zero-order valence-electron chi connectivity index (χ0n) is 17.6. The molecule has 7 heteroatoms. The van der Waals surface area contributed by atoms with Gasteiger partial charge >= 0.3 is 0 Å². The lowest BCUT2D eigenvalue weighted by molar-refractivity contribution is 0.0986. The maximum Gasteiger partial charge on any atom is 0.260 e. The molecule has 0 bridgehead atoms. The van der Waals surface area contributed by atoms with E-state index in [1.807, 2.05) is 35.4 Å². The van der Waals surface area contributed by atoms with Crippen molar-refractivity contribution in [2.45, 2.75) is 25.2 Å². The van der Waals surface area contributed by atoms with Crippen LogP contribution >= 0.6 is 35.5 Å². The quantitative estimate of drug-likeness (QED) is 0.436. The number of aromatic nitrogens is 1.